The highest BCUT2D eigenvalue weighted by atomic mass is 35.5. The lowest BCUT2D eigenvalue weighted by atomic mass is 10.0. The molecule has 0 aromatic carbocycles. The van der Waals surface area contributed by atoms with Crippen LogP contribution in [0.25, 0.3) is 0 Å². The summed E-state index contributed by atoms with van der Waals surface area (Å²) in [5.41, 5.74) is 3.02. The van der Waals surface area contributed by atoms with E-state index in [9.17, 15) is 0 Å². The molecule has 0 aromatic heterocycles. The number of nitrogens with one attached hydrogen (secondary N) is 1. The van der Waals surface area contributed by atoms with Crippen molar-refractivity contribution in [3.8, 4) is 0 Å². The highest BCUT2D eigenvalue weighted by molar-refractivity contribution is 6.25. The Morgan fingerprint density at radius 2 is 2.09 bits per heavy atom. The van der Waals surface area contributed by atoms with Gasteiger partial charge in [-0.3, -0.25) is 0 Å². The monoisotopic (exact) mass is 175 g/mol. The van der Waals surface area contributed by atoms with E-state index in [0.717, 1.165) is 13.0 Å². The van der Waals surface area contributed by atoms with Crippen molar-refractivity contribution in [2.45, 2.75) is 39.7 Å². The van der Waals surface area contributed by atoms with Crippen LogP contribution in [-0.4, -0.2) is 12.1 Å². The van der Waals surface area contributed by atoms with Crippen molar-refractivity contribution < 1.29 is 0 Å². The van der Waals surface area contributed by atoms with Crippen LogP contribution in [0.5, 0.6) is 0 Å². The molecule has 1 N–H and O–H groups in total. The Balaban J connectivity index is 3.70. The Kier molecular flexibility index (Phi) is 4.78. The van der Waals surface area contributed by atoms with E-state index in [0.29, 0.717) is 0 Å². The van der Waals surface area contributed by atoms with E-state index in [-0.39, 0.29) is 5.54 Å². The van der Waals surface area contributed by atoms with Crippen LogP contribution >= 0.6 is 11.6 Å². The van der Waals surface area contributed by atoms with E-state index in [4.69, 9.17) is 11.6 Å². The minimum Gasteiger partial charge on any atom is -0.308 e. The van der Waals surface area contributed by atoms with Crippen molar-refractivity contribution in [2.24, 2.45) is 0 Å². The Labute approximate surface area is 74.8 Å². The molecule has 0 aliphatic carbocycles. The van der Waals surface area contributed by atoms with Crippen molar-refractivity contribution in [3.05, 3.63) is 11.1 Å². The van der Waals surface area contributed by atoms with Gasteiger partial charge in [0.25, 0.3) is 0 Å². The fraction of sp³-hybridized carbons (Fsp3) is 0.778. The van der Waals surface area contributed by atoms with E-state index in [1.807, 2.05) is 6.92 Å². The molecule has 1 nitrogen and oxygen atoms in total. The van der Waals surface area contributed by atoms with Gasteiger partial charge in [-0.05, 0) is 32.8 Å². The quantitative estimate of drug-likeness (QED) is 0.693. The van der Waals surface area contributed by atoms with Crippen LogP contribution in [0, 0.1) is 0 Å². The molecule has 0 heterocycles. The summed E-state index contributed by atoms with van der Waals surface area (Å²) in [7, 11) is 0. The fourth-order valence-corrected chi connectivity index (χ4v) is 0.619. The molecule has 0 aromatic rings. The molecule has 2 heteroatoms. The van der Waals surface area contributed by atoms with Gasteiger partial charge in [-0.2, -0.15) is 0 Å². The molecule has 0 bridgehead atoms. The number of rotatable bonds is 4. The zero-order valence-corrected chi connectivity index (χ0v) is 8.63. The Morgan fingerprint density at radius 3 is 2.45 bits per heavy atom. The lowest BCUT2D eigenvalue weighted by Gasteiger charge is -2.24. The maximum absolute atomic E-state index is 5.52. The zero-order valence-electron chi connectivity index (χ0n) is 7.87. The van der Waals surface area contributed by atoms with Crippen LogP contribution in [0.4, 0.5) is 0 Å². The molecule has 0 rings (SSSR count). The third-order valence-electron chi connectivity index (χ3n) is 1.92. The number of hydrogen-bond acceptors (Lipinski definition) is 1. The minimum atomic E-state index is 0.223. The van der Waals surface area contributed by atoms with E-state index in [2.05, 4.69) is 26.1 Å². The summed E-state index contributed by atoms with van der Waals surface area (Å²) in [6, 6.07) is 0. The lowest BCUT2D eigenvalue weighted by molar-refractivity contribution is 0.391. The van der Waals surface area contributed by atoms with Crippen molar-refractivity contribution in [2.75, 3.05) is 6.54 Å². The van der Waals surface area contributed by atoms with Gasteiger partial charge in [0.2, 0.25) is 0 Å². The maximum Gasteiger partial charge on any atom is 0.0178 e. The van der Waals surface area contributed by atoms with Crippen LogP contribution < -0.4 is 5.32 Å². The van der Waals surface area contributed by atoms with Gasteiger partial charge in [-0.25, -0.2) is 0 Å². The number of hydrogen-bond donors (Lipinski definition) is 1. The highest BCUT2D eigenvalue weighted by Gasteiger charge is 2.12. The van der Waals surface area contributed by atoms with Crippen LogP contribution in [0.3, 0.4) is 0 Å². The average Bonchev–Trinajstić information content (AvgIpc) is 2.00. The van der Waals surface area contributed by atoms with Gasteiger partial charge in [-0.15, -0.1) is 0 Å². The predicted molar refractivity (Wildman–Crippen MR) is 52.0 cm³/mol. The van der Waals surface area contributed by atoms with E-state index in [1.165, 1.54) is 5.57 Å². The summed E-state index contributed by atoms with van der Waals surface area (Å²) in [5, 5.41) is 3.41. The summed E-state index contributed by atoms with van der Waals surface area (Å²) >= 11 is 5.52. The zero-order chi connectivity index (χ0) is 8.91. The fourth-order valence-electron chi connectivity index (χ4n) is 0.542. The van der Waals surface area contributed by atoms with Gasteiger partial charge in [0.15, 0.2) is 0 Å². The summed E-state index contributed by atoms with van der Waals surface area (Å²) in [6.07, 6.45) is 1.13. The summed E-state index contributed by atoms with van der Waals surface area (Å²) in [6.45, 7) is 9.45. The van der Waals surface area contributed by atoms with Crippen LogP contribution in [0.2, 0.25) is 0 Å². The van der Waals surface area contributed by atoms with Gasteiger partial charge in [-0.1, -0.05) is 18.5 Å². The second-order valence-electron chi connectivity index (χ2n) is 3.55. The molecule has 0 amide bonds. The van der Waals surface area contributed by atoms with Crippen LogP contribution in [0.1, 0.15) is 34.1 Å². The first-order valence-electron chi connectivity index (χ1n) is 4.02. The topological polar surface area (TPSA) is 12.0 Å². The summed E-state index contributed by atoms with van der Waals surface area (Å²) < 4.78 is 0. The molecule has 0 radical (unpaired) electrons. The Hall–Kier alpha value is -0.0100. The first kappa shape index (κ1) is 11.0. The Morgan fingerprint density at radius 1 is 1.55 bits per heavy atom. The molecule has 0 fully saturated rings. The van der Waals surface area contributed by atoms with Gasteiger partial charge < -0.3 is 5.32 Å². The van der Waals surface area contributed by atoms with Gasteiger partial charge >= 0.3 is 0 Å². The predicted octanol–water partition coefficient (Wildman–Crippen LogP) is 2.91. The Bertz CT molecular complexity index is 138. The number of halogens is 1. The average molecular weight is 176 g/mol. The molecular weight excluding hydrogens is 158 g/mol. The van der Waals surface area contributed by atoms with Crippen molar-refractivity contribution in [1.82, 2.24) is 5.32 Å². The van der Waals surface area contributed by atoms with E-state index >= 15 is 0 Å². The molecule has 11 heavy (non-hydrogen) atoms. The molecule has 0 spiro atoms. The normalized spacial score (nSPS) is 13.7. The molecule has 0 atom stereocenters. The van der Waals surface area contributed by atoms with E-state index < -0.39 is 0 Å². The van der Waals surface area contributed by atoms with Crippen molar-refractivity contribution >= 4 is 11.6 Å². The van der Waals surface area contributed by atoms with E-state index in [1.54, 1.807) is 5.54 Å². The van der Waals surface area contributed by atoms with Gasteiger partial charge in [0.1, 0.15) is 0 Å². The second-order valence-corrected chi connectivity index (χ2v) is 3.76. The first-order valence-corrected chi connectivity index (χ1v) is 4.46. The van der Waals surface area contributed by atoms with Crippen LogP contribution in [-0.2, 0) is 0 Å². The molecule has 0 saturated heterocycles. The largest absolute Gasteiger partial charge is 0.308 e. The van der Waals surface area contributed by atoms with Gasteiger partial charge in [0, 0.05) is 17.6 Å². The third-order valence-corrected chi connectivity index (χ3v) is 2.29. The molecular formula is C9H18ClN. The summed E-state index contributed by atoms with van der Waals surface area (Å²) in [5.74, 6) is 0. The molecule has 0 saturated carbocycles. The molecule has 66 valence electrons. The van der Waals surface area contributed by atoms with Crippen LogP contribution in [0.15, 0.2) is 11.1 Å². The standard InChI is InChI=1S/C9H18ClN/c1-5-9(3,4)11-7-8(2)6-10/h6,11H,5,7H2,1-4H3. The molecule has 0 unspecified atom stereocenters. The SMILES string of the molecule is CCC(C)(C)NCC(C)=CCl. The summed E-state index contributed by atoms with van der Waals surface area (Å²) in [4.78, 5) is 0. The lowest BCUT2D eigenvalue weighted by Crippen LogP contribution is -2.39. The molecule has 0 aliphatic heterocycles. The van der Waals surface area contributed by atoms with Gasteiger partial charge in [0.05, 0.1) is 0 Å². The van der Waals surface area contributed by atoms with Crippen molar-refractivity contribution in [3.63, 3.8) is 0 Å². The highest BCUT2D eigenvalue weighted by Crippen LogP contribution is 2.07. The first-order chi connectivity index (χ1) is 5.02. The smallest absolute Gasteiger partial charge is 0.0178 e. The second kappa shape index (κ2) is 4.78. The maximum atomic E-state index is 5.52. The van der Waals surface area contributed by atoms with Crippen molar-refractivity contribution in [1.29, 1.82) is 0 Å². The third kappa shape index (κ3) is 5.28. The minimum absolute atomic E-state index is 0.223. The molecule has 0 aliphatic rings.